The second-order valence-electron chi connectivity index (χ2n) is 10.5. The number of amides is 1. The normalized spacial score (nSPS) is 27.9. The minimum atomic E-state index is -1.90. The van der Waals surface area contributed by atoms with Gasteiger partial charge in [0.2, 0.25) is 5.95 Å². The summed E-state index contributed by atoms with van der Waals surface area (Å²) in [6.07, 6.45) is 4.83. The molecule has 6 rings (SSSR count). The van der Waals surface area contributed by atoms with Gasteiger partial charge in [-0.25, -0.2) is 14.4 Å². The van der Waals surface area contributed by atoms with Crippen LogP contribution in [-0.4, -0.2) is 71.8 Å². The SMILES string of the molecule is COCc1ccc(-c2ccnc(N(C(=O)C3(F)CCNCC3)C3(C)CCN4CCC3CC4)n2)cc1. The van der Waals surface area contributed by atoms with E-state index in [2.05, 4.69) is 22.1 Å². The van der Waals surface area contributed by atoms with Crippen molar-refractivity contribution in [3.8, 4) is 11.3 Å². The second kappa shape index (κ2) is 9.91. The van der Waals surface area contributed by atoms with Gasteiger partial charge in [-0.05, 0) is 69.9 Å². The molecule has 0 spiro atoms. The van der Waals surface area contributed by atoms with Crippen molar-refractivity contribution in [2.75, 3.05) is 44.7 Å². The summed E-state index contributed by atoms with van der Waals surface area (Å²) in [5.74, 6) is 0.123. The number of rotatable bonds is 6. The molecule has 0 aliphatic carbocycles. The van der Waals surface area contributed by atoms with Gasteiger partial charge in [-0.1, -0.05) is 24.3 Å². The predicted octanol–water partition coefficient (Wildman–Crippen LogP) is 3.59. The second-order valence-corrected chi connectivity index (χ2v) is 10.5. The molecule has 1 amide bonds. The zero-order valence-electron chi connectivity index (χ0n) is 20.8. The van der Waals surface area contributed by atoms with Gasteiger partial charge in [-0.3, -0.25) is 9.69 Å². The lowest BCUT2D eigenvalue weighted by atomic mass is 9.76. The third-order valence-electron chi connectivity index (χ3n) is 8.30. The topological polar surface area (TPSA) is 70.6 Å². The Morgan fingerprint density at radius 3 is 2.54 bits per heavy atom. The maximum absolute atomic E-state index is 16.2. The van der Waals surface area contributed by atoms with Crippen LogP contribution in [0.3, 0.4) is 0 Å². The molecule has 0 saturated carbocycles. The summed E-state index contributed by atoms with van der Waals surface area (Å²) < 4.78 is 21.4. The Balaban J connectivity index is 1.55. The summed E-state index contributed by atoms with van der Waals surface area (Å²) in [7, 11) is 1.67. The zero-order chi connectivity index (χ0) is 24.5. The number of benzene rings is 1. The molecule has 1 aromatic carbocycles. The van der Waals surface area contributed by atoms with Crippen LogP contribution in [0, 0.1) is 5.92 Å². The summed E-state index contributed by atoms with van der Waals surface area (Å²) in [5, 5.41) is 3.19. The first-order valence-corrected chi connectivity index (χ1v) is 12.8. The van der Waals surface area contributed by atoms with Crippen LogP contribution in [0.2, 0.25) is 0 Å². The van der Waals surface area contributed by atoms with Crippen molar-refractivity contribution in [2.24, 2.45) is 5.92 Å². The first-order valence-electron chi connectivity index (χ1n) is 12.8. The zero-order valence-corrected chi connectivity index (χ0v) is 20.8. The molecule has 4 aliphatic rings. The van der Waals surface area contributed by atoms with Crippen LogP contribution in [-0.2, 0) is 16.1 Å². The predicted molar refractivity (Wildman–Crippen MR) is 134 cm³/mol. The molecule has 1 aromatic heterocycles. The van der Waals surface area contributed by atoms with E-state index in [1.165, 1.54) is 0 Å². The number of aromatic nitrogens is 2. The molecule has 4 aliphatic heterocycles. The lowest BCUT2D eigenvalue weighted by Gasteiger charge is -2.47. The Morgan fingerprint density at radius 1 is 1.14 bits per heavy atom. The van der Waals surface area contributed by atoms with E-state index in [4.69, 9.17) is 9.72 Å². The molecule has 5 heterocycles. The monoisotopic (exact) mass is 481 g/mol. The van der Waals surface area contributed by atoms with Gasteiger partial charge in [-0.2, -0.15) is 0 Å². The summed E-state index contributed by atoms with van der Waals surface area (Å²) in [6.45, 7) is 6.63. The van der Waals surface area contributed by atoms with Crippen molar-refractivity contribution < 1.29 is 13.9 Å². The summed E-state index contributed by atoms with van der Waals surface area (Å²) in [5.41, 5.74) is 0.285. The van der Waals surface area contributed by atoms with Crippen molar-refractivity contribution in [1.82, 2.24) is 20.2 Å². The van der Waals surface area contributed by atoms with E-state index in [1.807, 2.05) is 30.3 Å². The Labute approximate surface area is 207 Å². The van der Waals surface area contributed by atoms with E-state index in [-0.39, 0.29) is 18.8 Å². The number of hydrogen-bond donors (Lipinski definition) is 1. The molecule has 188 valence electrons. The highest BCUT2D eigenvalue weighted by molar-refractivity contribution is 5.99. The van der Waals surface area contributed by atoms with Crippen molar-refractivity contribution >= 4 is 11.9 Å². The number of carbonyl (C=O) groups is 1. The summed E-state index contributed by atoms with van der Waals surface area (Å²) in [4.78, 5) is 27.7. The van der Waals surface area contributed by atoms with E-state index >= 15 is 4.39 Å². The Bertz CT molecular complexity index is 1030. The van der Waals surface area contributed by atoms with Gasteiger partial charge in [0.1, 0.15) is 0 Å². The van der Waals surface area contributed by atoms with Gasteiger partial charge >= 0.3 is 0 Å². The number of hydrogen-bond acceptors (Lipinski definition) is 6. The van der Waals surface area contributed by atoms with Gasteiger partial charge in [0.05, 0.1) is 17.8 Å². The molecule has 1 atom stereocenters. The van der Waals surface area contributed by atoms with E-state index < -0.39 is 17.1 Å². The van der Waals surface area contributed by atoms with Crippen LogP contribution >= 0.6 is 0 Å². The Morgan fingerprint density at radius 2 is 1.86 bits per heavy atom. The van der Waals surface area contributed by atoms with Crippen LogP contribution in [0.4, 0.5) is 10.3 Å². The molecule has 2 bridgehead atoms. The Hall–Kier alpha value is -2.42. The van der Waals surface area contributed by atoms with Crippen molar-refractivity contribution in [3.63, 3.8) is 0 Å². The first-order chi connectivity index (χ1) is 16.9. The molecule has 2 aromatic rings. The molecular weight excluding hydrogens is 445 g/mol. The average Bonchev–Trinajstić information content (AvgIpc) is 3.14. The molecule has 4 fully saturated rings. The molecule has 1 unspecified atom stereocenters. The van der Waals surface area contributed by atoms with Crippen LogP contribution in [0.25, 0.3) is 11.3 Å². The number of fused-ring (bicyclic) bond motifs is 4. The molecular formula is C27H36FN5O2. The maximum Gasteiger partial charge on any atom is 0.267 e. The van der Waals surface area contributed by atoms with Crippen LogP contribution in [0.15, 0.2) is 36.5 Å². The number of methoxy groups -OCH3 is 1. The standard InChI is InChI=1S/C27H36FN5O2/c1-26(12-18-32-16-8-22(26)9-17-32)33(24(34)27(28)10-14-29-15-11-27)25-30-13-7-23(31-25)21-5-3-20(4-6-21)19-35-2/h3-7,13,22,29H,8-12,14-19H2,1-2H3. The molecule has 8 heteroatoms. The van der Waals surface area contributed by atoms with Crippen LogP contribution in [0.5, 0.6) is 0 Å². The van der Waals surface area contributed by atoms with Gasteiger partial charge < -0.3 is 15.0 Å². The van der Waals surface area contributed by atoms with Gasteiger partial charge in [0.15, 0.2) is 5.67 Å². The van der Waals surface area contributed by atoms with E-state index in [9.17, 15) is 4.79 Å². The lowest BCUT2D eigenvalue weighted by molar-refractivity contribution is -0.133. The fourth-order valence-corrected chi connectivity index (χ4v) is 6.01. The smallest absolute Gasteiger partial charge is 0.267 e. The fraction of sp³-hybridized carbons (Fsp3) is 0.593. The van der Waals surface area contributed by atoms with Crippen molar-refractivity contribution in [2.45, 2.75) is 56.8 Å². The highest BCUT2D eigenvalue weighted by Gasteiger charge is 2.53. The summed E-state index contributed by atoms with van der Waals surface area (Å²) >= 11 is 0. The highest BCUT2D eigenvalue weighted by Crippen LogP contribution is 2.43. The Kier molecular flexibility index (Phi) is 6.88. The number of anilines is 1. The highest BCUT2D eigenvalue weighted by atomic mass is 19.1. The number of alkyl halides is 1. The molecule has 35 heavy (non-hydrogen) atoms. The fourth-order valence-electron chi connectivity index (χ4n) is 6.01. The van der Waals surface area contributed by atoms with E-state index in [0.717, 1.165) is 55.7 Å². The maximum atomic E-state index is 16.2. The third-order valence-corrected chi connectivity index (χ3v) is 8.30. The molecule has 7 nitrogen and oxygen atoms in total. The molecule has 4 saturated heterocycles. The molecule has 0 radical (unpaired) electrons. The number of ether oxygens (including phenoxy) is 1. The number of halogens is 1. The lowest BCUT2D eigenvalue weighted by Crippen LogP contribution is -2.62. The van der Waals surface area contributed by atoms with Gasteiger partial charge in [-0.15, -0.1) is 0 Å². The van der Waals surface area contributed by atoms with Gasteiger partial charge in [0.25, 0.3) is 5.91 Å². The summed E-state index contributed by atoms with van der Waals surface area (Å²) in [6, 6.07) is 9.86. The molecule has 1 N–H and O–H groups in total. The van der Waals surface area contributed by atoms with Gasteiger partial charge in [0, 0.05) is 38.3 Å². The van der Waals surface area contributed by atoms with E-state index in [0.29, 0.717) is 25.6 Å². The minimum absolute atomic E-state index is 0.176. The van der Waals surface area contributed by atoms with E-state index in [1.54, 1.807) is 18.2 Å². The van der Waals surface area contributed by atoms with Crippen LogP contribution in [0.1, 0.15) is 44.6 Å². The number of nitrogens with zero attached hydrogens (tertiary/aromatic N) is 4. The minimum Gasteiger partial charge on any atom is -0.380 e. The van der Waals surface area contributed by atoms with Crippen molar-refractivity contribution in [1.29, 1.82) is 0 Å². The number of carbonyl (C=O) groups excluding carboxylic acids is 1. The number of piperidine rings is 2. The largest absolute Gasteiger partial charge is 0.380 e. The first kappa shape index (κ1) is 24.3. The number of nitrogens with one attached hydrogen (secondary N) is 1. The quantitative estimate of drug-likeness (QED) is 0.680. The van der Waals surface area contributed by atoms with Crippen LogP contribution < -0.4 is 10.2 Å². The van der Waals surface area contributed by atoms with Crippen molar-refractivity contribution in [3.05, 3.63) is 42.1 Å². The average molecular weight is 482 g/mol. The third kappa shape index (κ3) is 4.71.